The molecule has 0 aliphatic carbocycles. The van der Waals surface area contributed by atoms with E-state index in [-0.39, 0.29) is 0 Å². The first-order valence-electron chi connectivity index (χ1n) is 5.35. The Morgan fingerprint density at radius 2 is 2.22 bits per heavy atom. The quantitative estimate of drug-likeness (QED) is 0.908. The molecule has 3 N–H and O–H groups in total. The molecule has 2 rings (SSSR count). The van der Waals surface area contributed by atoms with Gasteiger partial charge in [0.2, 0.25) is 0 Å². The van der Waals surface area contributed by atoms with Crippen molar-refractivity contribution in [1.29, 1.82) is 0 Å². The number of aryl methyl sites for hydroxylation is 1. The van der Waals surface area contributed by atoms with Crippen molar-refractivity contribution in [3.63, 3.8) is 0 Å². The predicted octanol–water partition coefficient (Wildman–Crippen LogP) is 3.27. The van der Waals surface area contributed by atoms with Crippen LogP contribution in [0.3, 0.4) is 0 Å². The van der Waals surface area contributed by atoms with Crippen LogP contribution in [0.2, 0.25) is 5.02 Å². The maximum absolute atomic E-state index is 6.16. The van der Waals surface area contributed by atoms with Gasteiger partial charge in [-0.1, -0.05) is 11.6 Å². The minimum absolute atomic E-state index is 0.364. The van der Waals surface area contributed by atoms with E-state index in [1.807, 2.05) is 19.1 Å². The normalized spacial score (nSPS) is 10.7. The summed E-state index contributed by atoms with van der Waals surface area (Å²) in [7, 11) is 1.62. The van der Waals surface area contributed by atoms with Crippen molar-refractivity contribution < 1.29 is 4.74 Å². The average molecular weight is 331 g/mol. The smallest absolute Gasteiger partial charge is 0.175 e. The van der Waals surface area contributed by atoms with Crippen molar-refractivity contribution in [3.05, 3.63) is 33.1 Å². The van der Waals surface area contributed by atoms with Gasteiger partial charge in [-0.2, -0.15) is 0 Å². The summed E-state index contributed by atoms with van der Waals surface area (Å²) in [5.41, 5.74) is 9.07. The molecule has 96 valence electrons. The molecule has 0 aliphatic heterocycles. The highest BCUT2D eigenvalue weighted by Gasteiger charge is 2.16. The number of nitrogens with one attached hydrogen (secondary N) is 1. The highest BCUT2D eigenvalue weighted by molar-refractivity contribution is 9.10. The summed E-state index contributed by atoms with van der Waals surface area (Å²) in [6.07, 6.45) is 0. The zero-order valence-electron chi connectivity index (χ0n) is 10.1. The number of aromatic nitrogens is 2. The SMILES string of the molecule is COc1cc(C)c(Cl)cc1-c1nc(Br)[nH]c1CN. The highest BCUT2D eigenvalue weighted by Crippen LogP contribution is 2.35. The third kappa shape index (κ3) is 2.39. The standard InChI is InChI=1S/C12H13BrClN3O/c1-6-3-10(18-2)7(4-8(6)14)11-9(5-15)16-12(13)17-11/h3-4H,5,15H2,1-2H3,(H,16,17). The Bertz CT molecular complexity index is 583. The van der Waals surface area contributed by atoms with E-state index in [4.69, 9.17) is 22.1 Å². The Kier molecular flexibility index (Phi) is 3.94. The summed E-state index contributed by atoms with van der Waals surface area (Å²) in [6.45, 7) is 2.29. The van der Waals surface area contributed by atoms with Crippen molar-refractivity contribution >= 4 is 27.5 Å². The van der Waals surface area contributed by atoms with Gasteiger partial charge >= 0.3 is 0 Å². The number of methoxy groups -OCH3 is 1. The number of aromatic amines is 1. The second-order valence-electron chi connectivity index (χ2n) is 3.86. The maximum atomic E-state index is 6.16. The van der Waals surface area contributed by atoms with E-state index in [1.165, 1.54) is 0 Å². The molecule has 4 nitrogen and oxygen atoms in total. The Morgan fingerprint density at radius 1 is 1.50 bits per heavy atom. The summed E-state index contributed by atoms with van der Waals surface area (Å²) < 4.78 is 6.01. The van der Waals surface area contributed by atoms with Crippen LogP contribution in [0.1, 0.15) is 11.3 Å². The van der Waals surface area contributed by atoms with Crippen molar-refractivity contribution in [3.8, 4) is 17.0 Å². The molecule has 18 heavy (non-hydrogen) atoms. The highest BCUT2D eigenvalue weighted by atomic mass is 79.9. The van der Waals surface area contributed by atoms with Crippen molar-refractivity contribution in [2.45, 2.75) is 13.5 Å². The van der Waals surface area contributed by atoms with Crippen LogP contribution >= 0.6 is 27.5 Å². The fraction of sp³-hybridized carbons (Fsp3) is 0.250. The van der Waals surface area contributed by atoms with Crippen molar-refractivity contribution in [1.82, 2.24) is 9.97 Å². The molecule has 1 aromatic heterocycles. The van der Waals surface area contributed by atoms with Crippen molar-refractivity contribution in [2.75, 3.05) is 7.11 Å². The molecule has 1 aromatic carbocycles. The maximum Gasteiger partial charge on any atom is 0.175 e. The number of nitrogens with zero attached hydrogens (tertiary/aromatic N) is 1. The molecule has 0 amide bonds. The van der Waals surface area contributed by atoms with E-state index in [0.717, 1.165) is 28.3 Å². The molecule has 0 atom stereocenters. The van der Waals surface area contributed by atoms with Gasteiger partial charge in [0.15, 0.2) is 4.73 Å². The van der Waals surface area contributed by atoms with Crippen LogP contribution in [-0.4, -0.2) is 17.1 Å². The summed E-state index contributed by atoms with van der Waals surface area (Å²) in [5, 5.41) is 0.674. The van der Waals surface area contributed by atoms with Crippen LogP contribution in [0.15, 0.2) is 16.9 Å². The van der Waals surface area contributed by atoms with Crippen LogP contribution in [-0.2, 0) is 6.54 Å². The average Bonchev–Trinajstić information content (AvgIpc) is 2.73. The Hall–Kier alpha value is -1.04. The molecular formula is C12H13BrClN3O. The van der Waals surface area contributed by atoms with Crippen LogP contribution in [0.5, 0.6) is 5.75 Å². The van der Waals surface area contributed by atoms with E-state index in [9.17, 15) is 0 Å². The minimum Gasteiger partial charge on any atom is -0.496 e. The Labute approximate surface area is 119 Å². The molecule has 0 saturated carbocycles. The predicted molar refractivity (Wildman–Crippen MR) is 75.9 cm³/mol. The summed E-state index contributed by atoms with van der Waals surface area (Å²) in [6, 6.07) is 3.73. The number of ether oxygens (including phenoxy) is 1. The van der Waals surface area contributed by atoms with Gasteiger partial charge in [0.25, 0.3) is 0 Å². The molecule has 2 aromatic rings. The minimum atomic E-state index is 0.364. The third-order valence-corrected chi connectivity index (χ3v) is 3.47. The van der Waals surface area contributed by atoms with E-state index in [1.54, 1.807) is 7.11 Å². The van der Waals surface area contributed by atoms with Gasteiger partial charge < -0.3 is 15.5 Å². The van der Waals surface area contributed by atoms with Gasteiger partial charge in [0.1, 0.15) is 5.75 Å². The lowest BCUT2D eigenvalue weighted by atomic mass is 10.1. The second kappa shape index (κ2) is 5.30. The molecular weight excluding hydrogens is 318 g/mol. The van der Waals surface area contributed by atoms with Gasteiger partial charge in [-0.25, -0.2) is 4.98 Å². The fourth-order valence-corrected chi connectivity index (χ4v) is 2.34. The number of benzene rings is 1. The summed E-state index contributed by atoms with van der Waals surface area (Å²) in [4.78, 5) is 7.43. The Balaban J connectivity index is 2.65. The molecule has 0 unspecified atom stereocenters. The first kappa shape index (κ1) is 13.4. The third-order valence-electron chi connectivity index (χ3n) is 2.69. The molecule has 0 saturated heterocycles. The monoisotopic (exact) mass is 329 g/mol. The molecule has 0 aliphatic rings. The largest absolute Gasteiger partial charge is 0.496 e. The summed E-state index contributed by atoms with van der Waals surface area (Å²) >= 11 is 9.46. The second-order valence-corrected chi connectivity index (χ2v) is 5.02. The number of H-pyrrole nitrogens is 1. The van der Waals surface area contributed by atoms with Crippen LogP contribution in [0, 0.1) is 6.92 Å². The van der Waals surface area contributed by atoms with Crippen LogP contribution in [0.4, 0.5) is 0 Å². The van der Waals surface area contributed by atoms with E-state index in [0.29, 0.717) is 16.3 Å². The van der Waals surface area contributed by atoms with Crippen LogP contribution < -0.4 is 10.5 Å². The van der Waals surface area contributed by atoms with Gasteiger partial charge in [-0.15, -0.1) is 0 Å². The van der Waals surface area contributed by atoms with E-state index in [2.05, 4.69) is 25.9 Å². The van der Waals surface area contributed by atoms with E-state index >= 15 is 0 Å². The fourth-order valence-electron chi connectivity index (χ4n) is 1.76. The summed E-state index contributed by atoms with van der Waals surface area (Å²) in [5.74, 6) is 0.727. The number of nitrogens with two attached hydrogens (primary N) is 1. The topological polar surface area (TPSA) is 63.9 Å². The van der Waals surface area contributed by atoms with Gasteiger partial charge in [0.05, 0.1) is 18.5 Å². The lowest BCUT2D eigenvalue weighted by molar-refractivity contribution is 0.416. The number of rotatable bonds is 3. The number of hydrogen-bond donors (Lipinski definition) is 2. The number of halogens is 2. The zero-order valence-corrected chi connectivity index (χ0v) is 12.4. The van der Waals surface area contributed by atoms with Crippen molar-refractivity contribution in [2.24, 2.45) is 5.73 Å². The first-order valence-corrected chi connectivity index (χ1v) is 6.53. The number of imidazole rings is 1. The van der Waals surface area contributed by atoms with Crippen LogP contribution in [0.25, 0.3) is 11.3 Å². The molecule has 0 radical (unpaired) electrons. The molecule has 0 spiro atoms. The number of hydrogen-bond acceptors (Lipinski definition) is 3. The molecule has 6 heteroatoms. The molecule has 0 bridgehead atoms. The zero-order chi connectivity index (χ0) is 13.3. The lowest BCUT2D eigenvalue weighted by Crippen LogP contribution is -2.00. The van der Waals surface area contributed by atoms with Gasteiger partial charge in [-0.3, -0.25) is 0 Å². The van der Waals surface area contributed by atoms with E-state index < -0.39 is 0 Å². The Morgan fingerprint density at radius 3 is 2.83 bits per heavy atom. The van der Waals surface area contributed by atoms with Gasteiger partial charge in [-0.05, 0) is 40.5 Å². The molecule has 0 fully saturated rings. The first-order chi connectivity index (χ1) is 8.56. The lowest BCUT2D eigenvalue weighted by Gasteiger charge is -2.10. The van der Waals surface area contributed by atoms with Gasteiger partial charge in [0, 0.05) is 17.1 Å². The molecule has 1 heterocycles.